The summed E-state index contributed by atoms with van der Waals surface area (Å²) in [7, 11) is 0. The normalized spacial score (nSPS) is 12.9. The number of carbonyl (C=O) groups excluding carboxylic acids is 2. The molecule has 0 radical (unpaired) electrons. The summed E-state index contributed by atoms with van der Waals surface area (Å²) in [4.78, 5) is 47.2. The van der Waals surface area contributed by atoms with Gasteiger partial charge >= 0.3 is 5.97 Å². The first kappa shape index (κ1) is 16.8. The van der Waals surface area contributed by atoms with Crippen molar-refractivity contribution in [3.63, 3.8) is 0 Å². The second kappa shape index (κ2) is 5.48. The fraction of sp³-hybridized carbons (Fsp3) is 0. The van der Waals surface area contributed by atoms with Gasteiger partial charge in [-0.3, -0.25) is 24.3 Å². The molecule has 3 rings (SSSR count). The van der Waals surface area contributed by atoms with Crippen LogP contribution in [-0.4, -0.2) is 27.5 Å². The Kier molecular flexibility index (Phi) is 3.68. The zero-order valence-corrected chi connectivity index (χ0v) is 13.5. The Hall–Kier alpha value is -3.08. The minimum Gasteiger partial charge on any atom is -0.478 e. The number of nitrogen functional groups attached to an aromatic ring is 1. The number of fused-ring (bicyclic) bond motifs is 1. The number of nitrogens with one attached hydrogen (secondary N) is 1. The molecular weight excluding hydrogens is 408 g/mol. The fourth-order valence-corrected chi connectivity index (χ4v) is 3.06. The molecule has 0 unspecified atom stereocenters. The number of pyridine rings is 1. The number of carbonyl (C=O) groups is 3. The maximum Gasteiger partial charge on any atom is 0.337 e. The molecule has 0 bridgehead atoms. The predicted octanol–water partition coefficient (Wildman–Crippen LogP) is 1.04. The third-order valence-corrected chi connectivity index (χ3v) is 4.27. The molecule has 1 aliphatic rings. The largest absolute Gasteiger partial charge is 0.478 e. The van der Waals surface area contributed by atoms with Crippen molar-refractivity contribution in [1.82, 2.24) is 9.88 Å². The van der Waals surface area contributed by atoms with Crippen molar-refractivity contribution in [3.05, 3.63) is 55.3 Å². The van der Waals surface area contributed by atoms with Gasteiger partial charge in [0.05, 0.1) is 26.9 Å². The zero-order chi connectivity index (χ0) is 18.6. The van der Waals surface area contributed by atoms with Gasteiger partial charge in [-0.15, -0.1) is 0 Å². The number of aromatic carboxylic acids is 1. The van der Waals surface area contributed by atoms with E-state index in [0.29, 0.717) is 10.6 Å². The lowest BCUT2D eigenvalue weighted by atomic mass is 10.1. The molecule has 0 aliphatic carbocycles. The Balaban J connectivity index is 2.48. The van der Waals surface area contributed by atoms with E-state index in [2.05, 4.69) is 15.9 Å². The van der Waals surface area contributed by atoms with E-state index in [-0.39, 0.29) is 11.1 Å². The number of halogens is 3. The number of hydrogen-bond donors (Lipinski definition) is 3. The second-order valence-electron chi connectivity index (χ2n) is 4.96. The van der Waals surface area contributed by atoms with Gasteiger partial charge in [-0.05, 0) is 22.0 Å². The van der Waals surface area contributed by atoms with Gasteiger partial charge < -0.3 is 10.8 Å². The van der Waals surface area contributed by atoms with E-state index in [1.54, 1.807) is 0 Å². The molecule has 0 fully saturated rings. The minimum absolute atomic E-state index is 0.292. The maximum absolute atomic E-state index is 13.9. The van der Waals surface area contributed by atoms with Crippen LogP contribution in [-0.2, 0) is 0 Å². The Morgan fingerprint density at radius 2 is 1.84 bits per heavy atom. The van der Waals surface area contributed by atoms with E-state index in [1.165, 1.54) is 0 Å². The Labute approximate surface area is 145 Å². The van der Waals surface area contributed by atoms with Crippen LogP contribution in [0.25, 0.3) is 5.69 Å². The third kappa shape index (κ3) is 2.31. The summed E-state index contributed by atoms with van der Waals surface area (Å²) in [6.07, 6.45) is 0. The van der Waals surface area contributed by atoms with Gasteiger partial charge in [0.15, 0.2) is 11.6 Å². The predicted molar refractivity (Wildman–Crippen MR) is 82.8 cm³/mol. The first-order valence-corrected chi connectivity index (χ1v) is 7.26. The summed E-state index contributed by atoms with van der Waals surface area (Å²) in [6.45, 7) is 0. The summed E-state index contributed by atoms with van der Waals surface area (Å²) in [6, 6.07) is 1.13. The van der Waals surface area contributed by atoms with Crippen molar-refractivity contribution in [1.29, 1.82) is 0 Å². The average Bonchev–Trinajstić information content (AvgIpc) is 2.80. The van der Waals surface area contributed by atoms with Crippen LogP contribution in [0.1, 0.15) is 31.1 Å². The van der Waals surface area contributed by atoms with Crippen LogP contribution in [0.5, 0.6) is 0 Å². The number of anilines is 1. The zero-order valence-electron chi connectivity index (χ0n) is 11.9. The number of nitrogens with two attached hydrogens (primary N) is 1. The van der Waals surface area contributed by atoms with Crippen molar-refractivity contribution in [2.45, 2.75) is 0 Å². The second-order valence-corrected chi connectivity index (χ2v) is 5.76. The van der Waals surface area contributed by atoms with Gasteiger partial charge in [-0.25, -0.2) is 13.6 Å². The van der Waals surface area contributed by atoms with Gasteiger partial charge in [0.25, 0.3) is 17.4 Å². The number of carboxylic acids is 1. The van der Waals surface area contributed by atoms with Gasteiger partial charge in [-0.2, -0.15) is 0 Å². The molecule has 2 aromatic rings. The standard InChI is InChI=1S/C14H6BrF2N3O5/c15-8-9(17)5(16)1-4(14(24)25)10(8)20-6(21)2-3-7(11(20)18)13(23)19-12(3)22/h1-2H,18H2,(H,24,25)(H,19,22,23). The highest BCUT2D eigenvalue weighted by molar-refractivity contribution is 9.10. The molecule has 4 N–H and O–H groups in total. The summed E-state index contributed by atoms with van der Waals surface area (Å²) in [5, 5.41) is 11.2. The Morgan fingerprint density at radius 3 is 2.44 bits per heavy atom. The van der Waals surface area contributed by atoms with E-state index >= 15 is 0 Å². The highest BCUT2D eigenvalue weighted by atomic mass is 79.9. The molecular formula is C14H6BrF2N3O5. The molecule has 0 saturated carbocycles. The van der Waals surface area contributed by atoms with Crippen LogP contribution in [0.3, 0.4) is 0 Å². The number of imide groups is 1. The van der Waals surface area contributed by atoms with Crippen LogP contribution in [0.4, 0.5) is 14.6 Å². The molecule has 0 saturated heterocycles. The van der Waals surface area contributed by atoms with Crippen LogP contribution in [0.15, 0.2) is 21.4 Å². The van der Waals surface area contributed by atoms with E-state index < -0.39 is 56.5 Å². The van der Waals surface area contributed by atoms with Crippen LogP contribution >= 0.6 is 15.9 Å². The van der Waals surface area contributed by atoms with E-state index in [9.17, 15) is 33.1 Å². The maximum atomic E-state index is 13.9. The number of nitrogens with zero attached hydrogens (tertiary/aromatic N) is 1. The van der Waals surface area contributed by atoms with Crippen LogP contribution in [0.2, 0.25) is 0 Å². The molecule has 1 aromatic carbocycles. The highest BCUT2D eigenvalue weighted by Crippen LogP contribution is 2.32. The SMILES string of the molecule is Nc1c2c(cc(=O)n1-c1c(C(=O)O)cc(F)c(F)c1Br)C(=O)NC2=O. The van der Waals surface area contributed by atoms with E-state index in [1.807, 2.05) is 5.32 Å². The number of carboxylic acid groups (broad SMARTS) is 1. The number of aromatic nitrogens is 1. The Bertz CT molecular complexity index is 1060. The molecule has 0 spiro atoms. The molecule has 25 heavy (non-hydrogen) atoms. The molecule has 2 heterocycles. The highest BCUT2D eigenvalue weighted by Gasteiger charge is 2.33. The van der Waals surface area contributed by atoms with Gasteiger partial charge in [0.1, 0.15) is 5.82 Å². The average molecular weight is 414 g/mol. The van der Waals surface area contributed by atoms with Crippen LogP contribution in [0, 0.1) is 11.6 Å². The van der Waals surface area contributed by atoms with Gasteiger partial charge in [-0.1, -0.05) is 0 Å². The van der Waals surface area contributed by atoms with E-state index in [4.69, 9.17) is 5.73 Å². The molecule has 0 atom stereocenters. The lowest BCUT2D eigenvalue weighted by molar-refractivity contribution is 0.0695. The molecule has 128 valence electrons. The lowest BCUT2D eigenvalue weighted by Crippen LogP contribution is -2.26. The summed E-state index contributed by atoms with van der Waals surface area (Å²) >= 11 is 2.70. The van der Waals surface area contributed by atoms with E-state index in [0.717, 1.165) is 6.07 Å². The van der Waals surface area contributed by atoms with Crippen molar-refractivity contribution in [2.75, 3.05) is 5.73 Å². The van der Waals surface area contributed by atoms with Gasteiger partial charge in [0, 0.05) is 6.07 Å². The molecule has 11 heteroatoms. The number of amides is 2. The summed E-state index contributed by atoms with van der Waals surface area (Å²) in [5.74, 6) is -6.91. The number of benzene rings is 1. The number of rotatable bonds is 2. The van der Waals surface area contributed by atoms with Crippen molar-refractivity contribution >= 4 is 39.5 Å². The molecule has 1 aromatic heterocycles. The fourth-order valence-electron chi connectivity index (χ4n) is 2.48. The topological polar surface area (TPSA) is 131 Å². The molecule has 1 aliphatic heterocycles. The molecule has 8 nitrogen and oxygen atoms in total. The van der Waals surface area contributed by atoms with Crippen molar-refractivity contribution in [3.8, 4) is 5.69 Å². The first-order chi connectivity index (χ1) is 11.6. The monoisotopic (exact) mass is 413 g/mol. The quantitative estimate of drug-likeness (QED) is 0.497. The summed E-state index contributed by atoms with van der Waals surface area (Å²) < 4.78 is 27.3. The smallest absolute Gasteiger partial charge is 0.337 e. The van der Waals surface area contributed by atoms with Crippen molar-refractivity contribution in [2.24, 2.45) is 0 Å². The molecule has 2 amide bonds. The lowest BCUT2D eigenvalue weighted by Gasteiger charge is -2.16. The minimum atomic E-state index is -1.66. The van der Waals surface area contributed by atoms with Crippen molar-refractivity contribution < 1.29 is 28.3 Å². The number of hydrogen-bond acceptors (Lipinski definition) is 5. The first-order valence-electron chi connectivity index (χ1n) is 6.47. The summed E-state index contributed by atoms with van der Waals surface area (Å²) in [5.41, 5.74) is 2.72. The Morgan fingerprint density at radius 1 is 1.20 bits per heavy atom. The van der Waals surface area contributed by atoms with Crippen LogP contribution < -0.4 is 16.6 Å². The van der Waals surface area contributed by atoms with Gasteiger partial charge in [0.2, 0.25) is 0 Å². The third-order valence-electron chi connectivity index (χ3n) is 3.54.